The lowest BCUT2D eigenvalue weighted by Gasteiger charge is -2.37. The molecule has 0 saturated carbocycles. The number of carbonyl (C=O) groups excluding carboxylic acids is 1. The van der Waals surface area contributed by atoms with Crippen molar-refractivity contribution in [3.63, 3.8) is 0 Å². The molecule has 18 heavy (non-hydrogen) atoms. The number of hydrogen-bond acceptors (Lipinski definition) is 2. The fourth-order valence-corrected chi connectivity index (χ4v) is 3.44. The molecule has 1 saturated heterocycles. The Hall–Kier alpha value is -0.670. The van der Waals surface area contributed by atoms with Crippen molar-refractivity contribution in [1.29, 1.82) is 0 Å². The van der Waals surface area contributed by atoms with E-state index in [4.69, 9.17) is 11.6 Å². The van der Waals surface area contributed by atoms with Gasteiger partial charge in [0.2, 0.25) is 0 Å². The number of thioether (sulfide) groups is 1. The number of halogens is 1. The molecule has 4 heteroatoms. The number of carbonyl (C=O) groups is 1. The van der Waals surface area contributed by atoms with Gasteiger partial charge in [0.05, 0.1) is 0 Å². The van der Waals surface area contributed by atoms with Crippen LogP contribution in [0.4, 0.5) is 0 Å². The Labute approximate surface area is 118 Å². The third kappa shape index (κ3) is 3.21. The van der Waals surface area contributed by atoms with Crippen molar-refractivity contribution in [3.8, 4) is 0 Å². The van der Waals surface area contributed by atoms with E-state index in [9.17, 15) is 4.79 Å². The monoisotopic (exact) mass is 283 g/mol. The molecule has 1 aromatic rings. The van der Waals surface area contributed by atoms with Gasteiger partial charge in [0.15, 0.2) is 0 Å². The van der Waals surface area contributed by atoms with Crippen LogP contribution in [0.3, 0.4) is 0 Å². The van der Waals surface area contributed by atoms with Gasteiger partial charge in [-0.15, -0.1) is 11.6 Å². The van der Waals surface area contributed by atoms with Gasteiger partial charge in [0.25, 0.3) is 5.91 Å². The Morgan fingerprint density at radius 3 is 2.94 bits per heavy atom. The minimum absolute atomic E-state index is 0.121. The molecular weight excluding hydrogens is 266 g/mol. The van der Waals surface area contributed by atoms with Crippen molar-refractivity contribution in [3.05, 3.63) is 35.4 Å². The second kappa shape index (κ2) is 5.54. The fourth-order valence-electron chi connectivity index (χ4n) is 2.16. The summed E-state index contributed by atoms with van der Waals surface area (Å²) in [5.74, 6) is 1.58. The Morgan fingerprint density at radius 1 is 1.50 bits per heavy atom. The highest BCUT2D eigenvalue weighted by Crippen LogP contribution is 2.30. The van der Waals surface area contributed by atoms with Crippen LogP contribution < -0.4 is 0 Å². The molecule has 2 nitrogen and oxygen atoms in total. The highest BCUT2D eigenvalue weighted by Gasteiger charge is 2.30. The van der Waals surface area contributed by atoms with Gasteiger partial charge in [0, 0.05) is 35.0 Å². The normalized spacial score (nSPS) is 18.7. The lowest BCUT2D eigenvalue weighted by Crippen LogP contribution is -2.46. The molecule has 1 aromatic carbocycles. The van der Waals surface area contributed by atoms with Crippen LogP contribution in [0.25, 0.3) is 0 Å². The smallest absolute Gasteiger partial charge is 0.253 e. The summed E-state index contributed by atoms with van der Waals surface area (Å²) in [5.41, 5.74) is 1.74. The van der Waals surface area contributed by atoms with Crippen LogP contribution in [0.15, 0.2) is 24.3 Å². The van der Waals surface area contributed by atoms with Crippen LogP contribution in [0.5, 0.6) is 0 Å². The molecule has 98 valence electrons. The van der Waals surface area contributed by atoms with Gasteiger partial charge < -0.3 is 4.90 Å². The standard InChI is InChI=1S/C14H18ClNOS/c1-14(2)10-16(6-7-18-14)13(17)12-5-3-4-11(8-12)9-15/h3-5,8H,6-7,9-10H2,1-2H3. The Morgan fingerprint density at radius 2 is 2.28 bits per heavy atom. The number of rotatable bonds is 2. The molecule has 0 aromatic heterocycles. The number of nitrogens with zero attached hydrogens (tertiary/aromatic N) is 1. The van der Waals surface area contributed by atoms with Crippen LogP contribution >= 0.6 is 23.4 Å². The number of amides is 1. The van der Waals surface area contributed by atoms with Gasteiger partial charge in [-0.3, -0.25) is 4.79 Å². The number of alkyl halides is 1. The minimum atomic E-state index is 0.121. The zero-order chi connectivity index (χ0) is 13.2. The summed E-state index contributed by atoms with van der Waals surface area (Å²) >= 11 is 7.74. The van der Waals surface area contributed by atoms with E-state index in [1.54, 1.807) is 0 Å². The molecule has 0 atom stereocenters. The molecule has 0 bridgehead atoms. The average molecular weight is 284 g/mol. The van der Waals surface area contributed by atoms with Gasteiger partial charge in [-0.1, -0.05) is 12.1 Å². The summed E-state index contributed by atoms with van der Waals surface area (Å²) in [6, 6.07) is 7.60. The van der Waals surface area contributed by atoms with E-state index in [1.165, 1.54) is 0 Å². The zero-order valence-corrected chi connectivity index (χ0v) is 12.4. The first kappa shape index (κ1) is 13.8. The maximum absolute atomic E-state index is 12.4. The molecular formula is C14H18ClNOS. The third-order valence-corrected chi connectivity index (χ3v) is 4.65. The van der Waals surface area contributed by atoms with E-state index < -0.39 is 0 Å². The lowest BCUT2D eigenvalue weighted by molar-refractivity contribution is 0.0748. The Balaban J connectivity index is 2.15. The average Bonchev–Trinajstić information content (AvgIpc) is 2.37. The molecule has 0 radical (unpaired) electrons. The van der Waals surface area contributed by atoms with Crippen molar-refractivity contribution in [2.45, 2.75) is 24.5 Å². The topological polar surface area (TPSA) is 20.3 Å². The van der Waals surface area contributed by atoms with Crippen LogP contribution in [-0.2, 0) is 5.88 Å². The molecule has 1 fully saturated rings. The van der Waals surface area contributed by atoms with E-state index in [-0.39, 0.29) is 10.7 Å². The van der Waals surface area contributed by atoms with Gasteiger partial charge in [-0.25, -0.2) is 0 Å². The summed E-state index contributed by atoms with van der Waals surface area (Å²) in [4.78, 5) is 14.4. The second-order valence-electron chi connectivity index (χ2n) is 5.17. The summed E-state index contributed by atoms with van der Waals surface area (Å²) in [5, 5.41) is 0. The quantitative estimate of drug-likeness (QED) is 0.776. The van der Waals surface area contributed by atoms with Gasteiger partial charge in [-0.2, -0.15) is 11.8 Å². The molecule has 0 aliphatic carbocycles. The zero-order valence-electron chi connectivity index (χ0n) is 10.8. The molecule has 1 heterocycles. The van der Waals surface area contributed by atoms with Crippen molar-refractivity contribution in [2.24, 2.45) is 0 Å². The van der Waals surface area contributed by atoms with Crippen LogP contribution in [0.2, 0.25) is 0 Å². The third-order valence-electron chi connectivity index (χ3n) is 3.04. The number of benzene rings is 1. The summed E-state index contributed by atoms with van der Waals surface area (Å²) in [7, 11) is 0. The molecule has 2 rings (SSSR count). The van der Waals surface area contributed by atoms with Crippen molar-refractivity contribution < 1.29 is 4.79 Å². The van der Waals surface area contributed by atoms with Crippen molar-refractivity contribution >= 4 is 29.3 Å². The van der Waals surface area contributed by atoms with E-state index in [2.05, 4.69) is 13.8 Å². The maximum atomic E-state index is 12.4. The van der Waals surface area contributed by atoms with E-state index in [1.807, 2.05) is 40.9 Å². The van der Waals surface area contributed by atoms with Gasteiger partial charge in [0.1, 0.15) is 0 Å². The molecule has 0 unspecified atom stereocenters. The number of hydrogen-bond donors (Lipinski definition) is 0. The van der Waals surface area contributed by atoms with E-state index in [0.717, 1.165) is 30.0 Å². The Bertz CT molecular complexity index is 447. The maximum Gasteiger partial charge on any atom is 0.253 e. The highest BCUT2D eigenvalue weighted by molar-refractivity contribution is 8.00. The minimum Gasteiger partial charge on any atom is -0.336 e. The van der Waals surface area contributed by atoms with Crippen LogP contribution in [0.1, 0.15) is 29.8 Å². The van der Waals surface area contributed by atoms with Crippen molar-refractivity contribution in [2.75, 3.05) is 18.8 Å². The fraction of sp³-hybridized carbons (Fsp3) is 0.500. The Kier molecular flexibility index (Phi) is 4.23. The summed E-state index contributed by atoms with van der Waals surface area (Å²) in [6.45, 7) is 6.01. The molecule has 0 spiro atoms. The van der Waals surface area contributed by atoms with Crippen LogP contribution in [0, 0.1) is 0 Å². The highest BCUT2D eigenvalue weighted by atomic mass is 35.5. The van der Waals surface area contributed by atoms with E-state index >= 15 is 0 Å². The SMILES string of the molecule is CC1(C)CN(C(=O)c2cccc(CCl)c2)CCS1. The summed E-state index contributed by atoms with van der Waals surface area (Å²) in [6.07, 6.45) is 0. The van der Waals surface area contributed by atoms with E-state index in [0.29, 0.717) is 5.88 Å². The molecule has 1 aliphatic rings. The second-order valence-corrected chi connectivity index (χ2v) is 7.24. The first-order valence-corrected chi connectivity index (χ1v) is 7.62. The van der Waals surface area contributed by atoms with Crippen LogP contribution in [-0.4, -0.2) is 34.4 Å². The van der Waals surface area contributed by atoms with Gasteiger partial charge in [-0.05, 0) is 31.5 Å². The molecule has 0 N–H and O–H groups in total. The first-order valence-electron chi connectivity index (χ1n) is 6.10. The molecule has 1 amide bonds. The predicted octanol–water partition coefficient (Wildman–Crippen LogP) is 3.39. The molecule has 1 aliphatic heterocycles. The first-order chi connectivity index (χ1) is 8.52. The van der Waals surface area contributed by atoms with Gasteiger partial charge >= 0.3 is 0 Å². The summed E-state index contributed by atoms with van der Waals surface area (Å²) < 4.78 is 0.151. The predicted molar refractivity (Wildman–Crippen MR) is 78.4 cm³/mol. The lowest BCUT2D eigenvalue weighted by atomic mass is 10.1. The largest absolute Gasteiger partial charge is 0.336 e. The van der Waals surface area contributed by atoms with Crippen molar-refractivity contribution in [1.82, 2.24) is 4.90 Å².